The summed E-state index contributed by atoms with van der Waals surface area (Å²) in [6, 6.07) is 8.63. The Labute approximate surface area is 119 Å². The third-order valence-corrected chi connectivity index (χ3v) is 2.92. The highest BCUT2D eigenvalue weighted by Gasteiger charge is 2.30. The van der Waals surface area contributed by atoms with Crippen LogP contribution in [0.25, 0.3) is 0 Å². The smallest absolute Gasteiger partial charge is 0.406 e. The molecule has 1 amide bonds. The van der Waals surface area contributed by atoms with Gasteiger partial charge in [0, 0.05) is 25.0 Å². The molecule has 0 unspecified atom stereocenters. The van der Waals surface area contributed by atoms with E-state index in [1.807, 2.05) is 0 Å². The number of carbonyl (C=O) groups excluding carboxylic acids is 1. The van der Waals surface area contributed by atoms with Gasteiger partial charge in [0.25, 0.3) is 5.91 Å². The van der Waals surface area contributed by atoms with E-state index in [1.165, 1.54) is 42.4 Å². The average Bonchev–Trinajstić information content (AvgIpc) is 2.82. The molecule has 0 saturated carbocycles. The Balaban J connectivity index is 2.26. The first kappa shape index (κ1) is 15.0. The van der Waals surface area contributed by atoms with E-state index in [0.29, 0.717) is 5.69 Å². The van der Waals surface area contributed by atoms with E-state index >= 15 is 0 Å². The summed E-state index contributed by atoms with van der Waals surface area (Å²) in [6.45, 7) is -1.23. The maximum absolute atomic E-state index is 12.5. The van der Waals surface area contributed by atoms with Gasteiger partial charge in [0.05, 0.1) is 0 Å². The molecule has 0 aliphatic rings. The number of phenolic OH excluding ortho intramolecular Hbond substituents is 1. The Hall–Kier alpha value is -2.44. The lowest BCUT2D eigenvalue weighted by Gasteiger charge is -2.19. The Bertz CT molecular complexity index is 650. The van der Waals surface area contributed by atoms with Crippen LogP contribution in [0.5, 0.6) is 5.75 Å². The lowest BCUT2D eigenvalue weighted by Crippen LogP contribution is -2.30. The van der Waals surface area contributed by atoms with Gasteiger partial charge in [0.1, 0.15) is 18.0 Å². The number of aromatic hydroxyl groups is 1. The van der Waals surface area contributed by atoms with Gasteiger partial charge in [-0.15, -0.1) is 0 Å². The molecule has 0 spiro atoms. The minimum absolute atomic E-state index is 0.0298. The number of anilines is 1. The summed E-state index contributed by atoms with van der Waals surface area (Å²) in [5.74, 6) is -0.618. The van der Waals surface area contributed by atoms with Crippen LogP contribution < -0.4 is 4.90 Å². The van der Waals surface area contributed by atoms with Gasteiger partial charge in [-0.25, -0.2) is 0 Å². The molecule has 0 aliphatic heterocycles. The molecular formula is C14H13F3N2O2. The van der Waals surface area contributed by atoms with Gasteiger partial charge in [-0.2, -0.15) is 13.2 Å². The van der Waals surface area contributed by atoms with Crippen LogP contribution in [0.15, 0.2) is 42.6 Å². The molecule has 2 aromatic rings. The van der Waals surface area contributed by atoms with E-state index in [2.05, 4.69) is 0 Å². The number of nitrogens with zero attached hydrogens (tertiary/aromatic N) is 2. The normalized spacial score (nSPS) is 11.4. The van der Waals surface area contributed by atoms with Crippen LogP contribution in [0, 0.1) is 0 Å². The second-order valence-electron chi connectivity index (χ2n) is 4.52. The number of amides is 1. The van der Waals surface area contributed by atoms with E-state index < -0.39 is 18.6 Å². The van der Waals surface area contributed by atoms with Crippen LogP contribution in [0.4, 0.5) is 18.9 Å². The summed E-state index contributed by atoms with van der Waals surface area (Å²) in [7, 11) is 1.43. The van der Waals surface area contributed by atoms with Gasteiger partial charge in [-0.1, -0.05) is 6.07 Å². The number of hydrogen-bond donors (Lipinski definition) is 1. The highest BCUT2D eigenvalue weighted by Crippen LogP contribution is 2.23. The number of rotatable bonds is 3. The lowest BCUT2D eigenvalue weighted by atomic mass is 10.2. The van der Waals surface area contributed by atoms with Crippen molar-refractivity contribution in [2.24, 2.45) is 0 Å². The molecule has 0 atom stereocenters. The van der Waals surface area contributed by atoms with Gasteiger partial charge < -0.3 is 14.6 Å². The average molecular weight is 298 g/mol. The number of hydrogen-bond acceptors (Lipinski definition) is 2. The number of carbonyl (C=O) groups is 1. The Kier molecular flexibility index (Phi) is 3.93. The standard InChI is InChI=1S/C14H13F3N2O2/c1-18(10-4-2-5-11(20)8-10)13(21)12-6-3-7-19(12)9-14(15,16)17/h2-8,20H,9H2,1H3. The third kappa shape index (κ3) is 3.56. The van der Waals surface area contributed by atoms with Crippen molar-refractivity contribution in [3.8, 4) is 5.75 Å². The van der Waals surface area contributed by atoms with Gasteiger partial charge in [-0.05, 0) is 24.3 Å². The fourth-order valence-corrected chi connectivity index (χ4v) is 1.93. The van der Waals surface area contributed by atoms with E-state index in [-0.39, 0.29) is 11.4 Å². The van der Waals surface area contributed by atoms with E-state index in [0.717, 1.165) is 4.57 Å². The number of phenols is 1. The zero-order valence-corrected chi connectivity index (χ0v) is 11.1. The van der Waals surface area contributed by atoms with Crippen molar-refractivity contribution in [3.05, 3.63) is 48.3 Å². The van der Waals surface area contributed by atoms with Gasteiger partial charge in [0.15, 0.2) is 0 Å². The van der Waals surface area contributed by atoms with Crippen LogP contribution in [0.1, 0.15) is 10.5 Å². The van der Waals surface area contributed by atoms with Crippen LogP contribution >= 0.6 is 0 Å². The van der Waals surface area contributed by atoms with E-state index in [4.69, 9.17) is 0 Å². The predicted octanol–water partition coefficient (Wildman–Crippen LogP) is 3.03. The highest BCUT2D eigenvalue weighted by molar-refractivity contribution is 6.04. The Morgan fingerprint density at radius 1 is 1.29 bits per heavy atom. The van der Waals surface area contributed by atoms with Crippen LogP contribution in [0.2, 0.25) is 0 Å². The van der Waals surface area contributed by atoms with Crippen molar-refractivity contribution in [2.75, 3.05) is 11.9 Å². The molecule has 1 N–H and O–H groups in total. The quantitative estimate of drug-likeness (QED) is 0.946. The molecule has 1 aromatic carbocycles. The molecular weight excluding hydrogens is 285 g/mol. The highest BCUT2D eigenvalue weighted by atomic mass is 19.4. The minimum Gasteiger partial charge on any atom is -0.508 e. The van der Waals surface area contributed by atoms with Gasteiger partial charge in [-0.3, -0.25) is 4.79 Å². The van der Waals surface area contributed by atoms with Crippen LogP contribution in [-0.4, -0.2) is 28.8 Å². The molecule has 112 valence electrons. The van der Waals surface area contributed by atoms with Crippen molar-refractivity contribution in [3.63, 3.8) is 0 Å². The van der Waals surface area contributed by atoms with Crippen molar-refractivity contribution >= 4 is 11.6 Å². The first-order chi connectivity index (χ1) is 9.78. The predicted molar refractivity (Wildman–Crippen MR) is 71.3 cm³/mol. The molecule has 0 fully saturated rings. The summed E-state index contributed by atoms with van der Waals surface area (Å²) in [5, 5.41) is 9.39. The third-order valence-electron chi connectivity index (χ3n) is 2.92. The summed E-state index contributed by atoms with van der Waals surface area (Å²) >= 11 is 0. The first-order valence-electron chi connectivity index (χ1n) is 6.07. The van der Waals surface area contributed by atoms with Crippen LogP contribution in [-0.2, 0) is 6.54 Å². The molecule has 7 heteroatoms. The lowest BCUT2D eigenvalue weighted by molar-refractivity contribution is -0.140. The van der Waals surface area contributed by atoms with Crippen molar-refractivity contribution in [1.82, 2.24) is 4.57 Å². The zero-order chi connectivity index (χ0) is 15.6. The Morgan fingerprint density at radius 3 is 2.62 bits per heavy atom. The SMILES string of the molecule is CN(C(=O)c1cccn1CC(F)(F)F)c1cccc(O)c1. The topological polar surface area (TPSA) is 45.5 Å². The largest absolute Gasteiger partial charge is 0.508 e. The summed E-state index contributed by atoms with van der Waals surface area (Å²) in [4.78, 5) is 13.5. The molecule has 0 bridgehead atoms. The van der Waals surface area contributed by atoms with Crippen molar-refractivity contribution < 1.29 is 23.1 Å². The molecule has 0 radical (unpaired) electrons. The maximum atomic E-state index is 12.5. The van der Waals surface area contributed by atoms with Crippen molar-refractivity contribution in [2.45, 2.75) is 12.7 Å². The van der Waals surface area contributed by atoms with E-state index in [1.54, 1.807) is 12.1 Å². The fourth-order valence-electron chi connectivity index (χ4n) is 1.93. The molecule has 4 nitrogen and oxygen atoms in total. The molecule has 0 saturated heterocycles. The van der Waals surface area contributed by atoms with Crippen LogP contribution in [0.3, 0.4) is 0 Å². The first-order valence-corrected chi connectivity index (χ1v) is 6.07. The molecule has 1 heterocycles. The summed E-state index contributed by atoms with van der Waals surface area (Å²) in [6.07, 6.45) is -3.20. The maximum Gasteiger partial charge on any atom is 0.406 e. The number of benzene rings is 1. The molecule has 1 aromatic heterocycles. The molecule has 0 aliphatic carbocycles. The zero-order valence-electron chi connectivity index (χ0n) is 11.1. The monoisotopic (exact) mass is 298 g/mol. The van der Waals surface area contributed by atoms with Crippen molar-refractivity contribution in [1.29, 1.82) is 0 Å². The second kappa shape index (κ2) is 5.51. The minimum atomic E-state index is -4.41. The summed E-state index contributed by atoms with van der Waals surface area (Å²) < 4.78 is 38.2. The van der Waals surface area contributed by atoms with Gasteiger partial charge in [0.2, 0.25) is 0 Å². The number of alkyl halides is 3. The fraction of sp³-hybridized carbons (Fsp3) is 0.214. The van der Waals surface area contributed by atoms with Gasteiger partial charge >= 0.3 is 6.18 Å². The summed E-state index contributed by atoms with van der Waals surface area (Å²) in [5.41, 5.74) is 0.318. The molecule has 2 rings (SSSR count). The number of halogens is 3. The number of aromatic nitrogens is 1. The van der Waals surface area contributed by atoms with E-state index in [9.17, 15) is 23.1 Å². The Morgan fingerprint density at radius 2 is 2.00 bits per heavy atom. The second-order valence-corrected chi connectivity index (χ2v) is 4.52. The molecule has 21 heavy (non-hydrogen) atoms.